The molecule has 0 saturated carbocycles. The summed E-state index contributed by atoms with van der Waals surface area (Å²) in [4.78, 5) is 4.58. The first-order valence-electron chi connectivity index (χ1n) is 5.88. The lowest BCUT2D eigenvalue weighted by molar-refractivity contribution is 0.617. The van der Waals surface area contributed by atoms with Gasteiger partial charge in [0.05, 0.1) is 5.56 Å². The van der Waals surface area contributed by atoms with E-state index < -0.39 is 0 Å². The van der Waals surface area contributed by atoms with Gasteiger partial charge in [-0.1, -0.05) is 22.0 Å². The van der Waals surface area contributed by atoms with Crippen LogP contribution < -0.4 is 0 Å². The molecule has 0 aliphatic heterocycles. The minimum absolute atomic E-state index is 0.642. The molecule has 0 N–H and O–H groups in total. The van der Waals surface area contributed by atoms with Gasteiger partial charge in [0.1, 0.15) is 5.52 Å². The zero-order valence-corrected chi connectivity index (χ0v) is 13.7. The number of benzene rings is 2. The third-order valence-electron chi connectivity index (χ3n) is 2.98. The van der Waals surface area contributed by atoms with E-state index in [0.717, 1.165) is 31.2 Å². The standard InChI is InChI=1S/C15H11Br2NO/c1-8-5-9(2)14-13(6-8)18-15(19-14)11-4-3-10(16)7-12(11)17/h3-7H,1-2H3. The highest BCUT2D eigenvalue weighted by molar-refractivity contribution is 9.11. The Bertz CT molecular complexity index is 777. The molecule has 19 heavy (non-hydrogen) atoms. The van der Waals surface area contributed by atoms with Crippen LogP contribution in [0.15, 0.2) is 43.7 Å². The Morgan fingerprint density at radius 2 is 1.84 bits per heavy atom. The van der Waals surface area contributed by atoms with Gasteiger partial charge >= 0.3 is 0 Å². The fourth-order valence-corrected chi connectivity index (χ4v) is 3.37. The molecule has 3 aromatic rings. The molecular weight excluding hydrogens is 370 g/mol. The van der Waals surface area contributed by atoms with Gasteiger partial charge in [-0.25, -0.2) is 4.98 Å². The van der Waals surface area contributed by atoms with Gasteiger partial charge in [-0.05, 0) is 65.2 Å². The van der Waals surface area contributed by atoms with Crippen LogP contribution in [0.2, 0.25) is 0 Å². The van der Waals surface area contributed by atoms with E-state index in [1.807, 2.05) is 31.2 Å². The van der Waals surface area contributed by atoms with E-state index >= 15 is 0 Å². The quantitative estimate of drug-likeness (QED) is 0.546. The topological polar surface area (TPSA) is 26.0 Å². The Morgan fingerprint density at radius 1 is 1.05 bits per heavy atom. The molecule has 0 fully saturated rings. The molecule has 1 aromatic heterocycles. The first-order valence-corrected chi connectivity index (χ1v) is 7.46. The van der Waals surface area contributed by atoms with Crippen molar-refractivity contribution >= 4 is 43.0 Å². The molecule has 0 aliphatic rings. The van der Waals surface area contributed by atoms with Crippen molar-refractivity contribution in [2.24, 2.45) is 0 Å². The highest BCUT2D eigenvalue weighted by atomic mass is 79.9. The molecule has 3 rings (SSSR count). The zero-order chi connectivity index (χ0) is 13.6. The molecule has 0 aliphatic carbocycles. The Hall–Kier alpha value is -1.13. The normalized spacial score (nSPS) is 11.2. The molecule has 0 unspecified atom stereocenters. The number of hydrogen-bond donors (Lipinski definition) is 0. The third-order valence-corrected chi connectivity index (χ3v) is 4.13. The lowest BCUT2D eigenvalue weighted by Gasteiger charge is -1.99. The summed E-state index contributed by atoms with van der Waals surface area (Å²) < 4.78 is 7.88. The Balaban J connectivity index is 2.23. The second kappa shape index (κ2) is 4.76. The van der Waals surface area contributed by atoms with Gasteiger partial charge in [-0.15, -0.1) is 0 Å². The Morgan fingerprint density at radius 3 is 2.58 bits per heavy atom. The molecule has 0 saturated heterocycles. The van der Waals surface area contributed by atoms with E-state index in [0.29, 0.717) is 5.89 Å². The predicted molar refractivity (Wildman–Crippen MR) is 84.3 cm³/mol. The van der Waals surface area contributed by atoms with Gasteiger partial charge < -0.3 is 4.42 Å². The SMILES string of the molecule is Cc1cc(C)c2oc(-c3ccc(Br)cc3Br)nc2c1. The number of fused-ring (bicyclic) bond motifs is 1. The maximum absolute atomic E-state index is 5.90. The zero-order valence-electron chi connectivity index (χ0n) is 10.5. The van der Waals surface area contributed by atoms with Crippen LogP contribution in [0.5, 0.6) is 0 Å². The Kier molecular flexibility index (Phi) is 3.23. The van der Waals surface area contributed by atoms with Crippen LogP contribution in [-0.4, -0.2) is 4.98 Å². The summed E-state index contributed by atoms with van der Waals surface area (Å²) in [5, 5.41) is 0. The highest BCUT2D eigenvalue weighted by Gasteiger charge is 2.13. The lowest BCUT2D eigenvalue weighted by atomic mass is 10.1. The predicted octanol–water partition coefficient (Wildman–Crippen LogP) is 5.64. The number of aryl methyl sites for hydroxylation is 2. The maximum Gasteiger partial charge on any atom is 0.228 e. The summed E-state index contributed by atoms with van der Waals surface area (Å²) in [7, 11) is 0. The molecule has 0 atom stereocenters. The number of oxazole rings is 1. The monoisotopic (exact) mass is 379 g/mol. The van der Waals surface area contributed by atoms with E-state index in [9.17, 15) is 0 Å². The maximum atomic E-state index is 5.90. The van der Waals surface area contributed by atoms with E-state index in [4.69, 9.17) is 4.42 Å². The van der Waals surface area contributed by atoms with Crippen LogP contribution in [-0.2, 0) is 0 Å². The second-order valence-corrected chi connectivity index (χ2v) is 6.34. The van der Waals surface area contributed by atoms with Crippen molar-refractivity contribution < 1.29 is 4.42 Å². The van der Waals surface area contributed by atoms with Crippen molar-refractivity contribution in [3.05, 3.63) is 50.4 Å². The summed E-state index contributed by atoms with van der Waals surface area (Å²) in [5.74, 6) is 0.642. The fourth-order valence-electron chi connectivity index (χ4n) is 2.15. The first kappa shape index (κ1) is 12.9. The van der Waals surface area contributed by atoms with Gasteiger partial charge in [0, 0.05) is 8.95 Å². The van der Waals surface area contributed by atoms with Crippen LogP contribution in [0.25, 0.3) is 22.6 Å². The van der Waals surface area contributed by atoms with Crippen LogP contribution >= 0.6 is 31.9 Å². The van der Waals surface area contributed by atoms with Gasteiger partial charge in [0.2, 0.25) is 5.89 Å². The molecule has 4 heteroatoms. The number of nitrogens with zero attached hydrogens (tertiary/aromatic N) is 1. The van der Waals surface area contributed by atoms with Crippen molar-refractivity contribution in [3.63, 3.8) is 0 Å². The summed E-state index contributed by atoms with van der Waals surface area (Å²) in [5.41, 5.74) is 5.02. The molecule has 0 amide bonds. The average Bonchev–Trinajstić information content (AvgIpc) is 2.72. The van der Waals surface area contributed by atoms with Gasteiger partial charge in [-0.3, -0.25) is 0 Å². The van der Waals surface area contributed by atoms with Crippen LogP contribution in [0.1, 0.15) is 11.1 Å². The molecule has 0 spiro atoms. The number of rotatable bonds is 1. The van der Waals surface area contributed by atoms with E-state index in [-0.39, 0.29) is 0 Å². The lowest BCUT2D eigenvalue weighted by Crippen LogP contribution is -1.79. The van der Waals surface area contributed by atoms with E-state index in [1.165, 1.54) is 5.56 Å². The van der Waals surface area contributed by atoms with Crippen molar-refractivity contribution in [1.29, 1.82) is 0 Å². The van der Waals surface area contributed by atoms with Gasteiger partial charge in [-0.2, -0.15) is 0 Å². The molecule has 2 nitrogen and oxygen atoms in total. The number of halogens is 2. The number of aromatic nitrogens is 1. The third kappa shape index (κ3) is 2.35. The molecule has 0 radical (unpaired) electrons. The summed E-state index contributed by atoms with van der Waals surface area (Å²) in [6, 6.07) is 10.1. The van der Waals surface area contributed by atoms with Crippen LogP contribution in [0, 0.1) is 13.8 Å². The smallest absolute Gasteiger partial charge is 0.228 e. The average molecular weight is 381 g/mol. The summed E-state index contributed by atoms with van der Waals surface area (Å²) >= 11 is 6.99. The largest absolute Gasteiger partial charge is 0.436 e. The molecule has 0 bridgehead atoms. The summed E-state index contributed by atoms with van der Waals surface area (Å²) in [6.45, 7) is 4.11. The highest BCUT2D eigenvalue weighted by Crippen LogP contribution is 2.33. The van der Waals surface area contributed by atoms with E-state index in [2.05, 4.69) is 49.8 Å². The fraction of sp³-hybridized carbons (Fsp3) is 0.133. The molecule has 2 aromatic carbocycles. The van der Waals surface area contributed by atoms with Gasteiger partial charge in [0.25, 0.3) is 0 Å². The van der Waals surface area contributed by atoms with Crippen molar-refractivity contribution in [2.75, 3.05) is 0 Å². The second-order valence-electron chi connectivity index (χ2n) is 4.57. The molecule has 96 valence electrons. The minimum Gasteiger partial charge on any atom is -0.436 e. The summed E-state index contributed by atoms with van der Waals surface area (Å²) in [6.07, 6.45) is 0. The minimum atomic E-state index is 0.642. The van der Waals surface area contributed by atoms with Crippen LogP contribution in [0.4, 0.5) is 0 Å². The van der Waals surface area contributed by atoms with E-state index in [1.54, 1.807) is 0 Å². The van der Waals surface area contributed by atoms with Crippen molar-refractivity contribution in [2.45, 2.75) is 13.8 Å². The van der Waals surface area contributed by atoms with Crippen LogP contribution in [0.3, 0.4) is 0 Å². The first-order chi connectivity index (χ1) is 9.04. The van der Waals surface area contributed by atoms with Crippen molar-refractivity contribution in [1.82, 2.24) is 4.98 Å². The molecule has 1 heterocycles. The van der Waals surface area contributed by atoms with Gasteiger partial charge in [0.15, 0.2) is 5.58 Å². The van der Waals surface area contributed by atoms with Crippen molar-refractivity contribution in [3.8, 4) is 11.5 Å². The Labute approximate surface area is 128 Å². The number of hydrogen-bond acceptors (Lipinski definition) is 2. The molecular formula is C15H11Br2NO.